The summed E-state index contributed by atoms with van der Waals surface area (Å²) in [5.41, 5.74) is 2.33. The van der Waals surface area contributed by atoms with Crippen molar-refractivity contribution in [2.24, 2.45) is 0 Å². The molecule has 0 heterocycles. The molecule has 7 heteroatoms. The van der Waals surface area contributed by atoms with Gasteiger partial charge in [-0.25, -0.2) is 8.42 Å². The summed E-state index contributed by atoms with van der Waals surface area (Å²) < 4.78 is 28.1. The number of anilines is 2. The summed E-state index contributed by atoms with van der Waals surface area (Å²) in [6, 6.07) is 17.7. The molecule has 0 spiro atoms. The van der Waals surface area contributed by atoms with Crippen LogP contribution in [0.5, 0.6) is 5.75 Å². The van der Waals surface area contributed by atoms with Crippen LogP contribution in [0.25, 0.3) is 0 Å². The highest BCUT2D eigenvalue weighted by Crippen LogP contribution is 2.25. The number of amides is 1. The molecule has 0 aliphatic carbocycles. The number of aryl methyl sites for hydroxylation is 2. The fourth-order valence-electron chi connectivity index (χ4n) is 2.67. The third-order valence-electron chi connectivity index (χ3n) is 4.31. The average molecular weight is 396 g/mol. The van der Waals surface area contributed by atoms with Crippen LogP contribution in [-0.2, 0) is 10.0 Å². The molecule has 28 heavy (non-hydrogen) atoms. The summed E-state index contributed by atoms with van der Waals surface area (Å²) in [4.78, 5) is 12.6. The number of carbonyl (C=O) groups is 1. The Morgan fingerprint density at radius 2 is 1.50 bits per heavy atom. The predicted molar refractivity (Wildman–Crippen MR) is 109 cm³/mol. The number of sulfonamides is 1. The van der Waals surface area contributed by atoms with Crippen molar-refractivity contribution >= 4 is 27.3 Å². The van der Waals surface area contributed by atoms with E-state index < -0.39 is 15.9 Å². The molecule has 0 saturated heterocycles. The Hall–Kier alpha value is -3.32. The molecule has 3 rings (SSSR count). The number of phenols is 1. The smallest absolute Gasteiger partial charge is 0.261 e. The number of hydrogen-bond acceptors (Lipinski definition) is 4. The zero-order valence-corrected chi connectivity index (χ0v) is 16.2. The minimum atomic E-state index is -3.87. The predicted octanol–water partition coefficient (Wildman–Crippen LogP) is 4.06. The van der Waals surface area contributed by atoms with Gasteiger partial charge in [0.05, 0.1) is 16.3 Å². The first-order valence-electron chi connectivity index (χ1n) is 8.56. The first-order chi connectivity index (χ1) is 13.3. The maximum absolute atomic E-state index is 12.8. The average Bonchev–Trinajstić information content (AvgIpc) is 2.65. The van der Waals surface area contributed by atoms with E-state index in [9.17, 15) is 18.3 Å². The molecule has 6 nitrogen and oxygen atoms in total. The number of hydrogen-bond donors (Lipinski definition) is 3. The molecule has 3 N–H and O–H groups in total. The van der Waals surface area contributed by atoms with Crippen molar-refractivity contribution in [1.82, 2.24) is 0 Å². The third-order valence-corrected chi connectivity index (χ3v) is 5.67. The Bertz CT molecular complexity index is 1140. The van der Waals surface area contributed by atoms with E-state index >= 15 is 0 Å². The SMILES string of the molecule is Cc1ccccc1NS(=O)(=O)c1ccc(C)c(C(=O)Nc2ccccc2O)c1. The minimum Gasteiger partial charge on any atom is -0.506 e. The van der Waals surface area contributed by atoms with E-state index in [2.05, 4.69) is 10.0 Å². The molecule has 144 valence electrons. The van der Waals surface area contributed by atoms with Crippen LogP contribution in [-0.4, -0.2) is 19.4 Å². The van der Waals surface area contributed by atoms with Gasteiger partial charge in [-0.2, -0.15) is 0 Å². The highest BCUT2D eigenvalue weighted by molar-refractivity contribution is 7.92. The monoisotopic (exact) mass is 396 g/mol. The highest BCUT2D eigenvalue weighted by Gasteiger charge is 2.19. The lowest BCUT2D eigenvalue weighted by molar-refractivity contribution is 0.102. The molecule has 0 aliphatic rings. The molecule has 3 aromatic rings. The van der Waals surface area contributed by atoms with Crippen LogP contribution < -0.4 is 10.0 Å². The molecule has 0 aliphatic heterocycles. The molecule has 0 fully saturated rings. The normalized spacial score (nSPS) is 11.1. The summed E-state index contributed by atoms with van der Waals surface area (Å²) in [5.74, 6) is -0.578. The summed E-state index contributed by atoms with van der Waals surface area (Å²) in [6.07, 6.45) is 0. The number of para-hydroxylation sites is 3. The van der Waals surface area contributed by atoms with E-state index in [0.29, 0.717) is 11.3 Å². The van der Waals surface area contributed by atoms with Gasteiger partial charge in [0.15, 0.2) is 0 Å². The molecule has 0 aromatic heterocycles. The fraction of sp³-hybridized carbons (Fsp3) is 0.0952. The van der Waals surface area contributed by atoms with Crippen molar-refractivity contribution in [3.63, 3.8) is 0 Å². The zero-order valence-electron chi connectivity index (χ0n) is 15.4. The minimum absolute atomic E-state index is 0.0243. The number of phenolic OH excluding ortho intramolecular Hbond substituents is 1. The van der Waals surface area contributed by atoms with Gasteiger partial charge in [0.25, 0.3) is 15.9 Å². The highest BCUT2D eigenvalue weighted by atomic mass is 32.2. The van der Waals surface area contributed by atoms with Crippen LogP contribution in [0.1, 0.15) is 21.5 Å². The standard InChI is InChI=1S/C21H20N2O4S/c1-14-11-12-16(28(26,27)23-18-8-4-3-7-15(18)2)13-17(14)21(25)22-19-9-5-6-10-20(19)24/h3-13,23-24H,1-2H3,(H,22,25). The fourth-order valence-corrected chi connectivity index (χ4v) is 3.83. The van der Waals surface area contributed by atoms with Crippen LogP contribution in [0.2, 0.25) is 0 Å². The van der Waals surface area contributed by atoms with E-state index in [0.717, 1.165) is 5.56 Å². The molecule has 0 atom stereocenters. The van der Waals surface area contributed by atoms with Gasteiger partial charge in [0.1, 0.15) is 5.75 Å². The molecular formula is C21H20N2O4S. The van der Waals surface area contributed by atoms with E-state index in [1.807, 2.05) is 6.07 Å². The van der Waals surface area contributed by atoms with Crippen molar-refractivity contribution in [1.29, 1.82) is 0 Å². The molecule has 0 bridgehead atoms. The van der Waals surface area contributed by atoms with Gasteiger partial charge >= 0.3 is 0 Å². The molecule has 1 amide bonds. The van der Waals surface area contributed by atoms with Gasteiger partial charge in [-0.05, 0) is 55.3 Å². The van der Waals surface area contributed by atoms with Crippen molar-refractivity contribution in [3.05, 3.63) is 83.4 Å². The first kappa shape index (κ1) is 19.4. The lowest BCUT2D eigenvalue weighted by Crippen LogP contribution is -2.17. The second-order valence-electron chi connectivity index (χ2n) is 6.37. The molecule has 0 radical (unpaired) electrons. The van der Waals surface area contributed by atoms with Gasteiger partial charge in [-0.15, -0.1) is 0 Å². The van der Waals surface area contributed by atoms with E-state index in [1.165, 1.54) is 18.2 Å². The number of rotatable bonds is 5. The summed E-state index contributed by atoms with van der Waals surface area (Å²) in [5, 5.41) is 12.4. The first-order valence-corrected chi connectivity index (χ1v) is 10.0. The van der Waals surface area contributed by atoms with Gasteiger partial charge in [0, 0.05) is 5.56 Å². The van der Waals surface area contributed by atoms with Gasteiger partial charge < -0.3 is 10.4 Å². The molecule has 3 aromatic carbocycles. The summed E-state index contributed by atoms with van der Waals surface area (Å²) in [7, 11) is -3.87. The second kappa shape index (κ2) is 7.74. The molecular weight excluding hydrogens is 376 g/mol. The zero-order chi connectivity index (χ0) is 20.3. The second-order valence-corrected chi connectivity index (χ2v) is 8.05. The van der Waals surface area contributed by atoms with Crippen molar-refractivity contribution in [2.75, 3.05) is 10.0 Å². The number of carbonyl (C=O) groups excluding carboxylic acids is 1. The Kier molecular flexibility index (Phi) is 5.37. The van der Waals surface area contributed by atoms with Crippen LogP contribution in [0.3, 0.4) is 0 Å². The Morgan fingerprint density at radius 3 is 2.18 bits per heavy atom. The van der Waals surface area contributed by atoms with Crippen LogP contribution in [0.15, 0.2) is 71.6 Å². The lowest BCUT2D eigenvalue weighted by atomic mass is 10.1. The largest absolute Gasteiger partial charge is 0.506 e. The van der Waals surface area contributed by atoms with E-state index in [4.69, 9.17) is 0 Å². The summed E-state index contributed by atoms with van der Waals surface area (Å²) >= 11 is 0. The van der Waals surface area contributed by atoms with Crippen molar-refractivity contribution in [3.8, 4) is 5.75 Å². The number of benzene rings is 3. The maximum Gasteiger partial charge on any atom is 0.261 e. The quantitative estimate of drug-likeness (QED) is 0.567. The Labute approximate surface area is 163 Å². The Balaban J connectivity index is 1.91. The van der Waals surface area contributed by atoms with Gasteiger partial charge in [-0.1, -0.05) is 36.4 Å². The van der Waals surface area contributed by atoms with Gasteiger partial charge in [0.2, 0.25) is 0 Å². The molecule has 0 saturated carbocycles. The topological polar surface area (TPSA) is 95.5 Å². The number of nitrogens with one attached hydrogen (secondary N) is 2. The van der Waals surface area contributed by atoms with Crippen molar-refractivity contribution in [2.45, 2.75) is 18.7 Å². The molecule has 0 unspecified atom stereocenters. The Morgan fingerprint density at radius 1 is 0.857 bits per heavy atom. The van der Waals surface area contributed by atoms with Crippen LogP contribution in [0, 0.1) is 13.8 Å². The van der Waals surface area contributed by atoms with E-state index in [-0.39, 0.29) is 21.9 Å². The third kappa shape index (κ3) is 4.15. The maximum atomic E-state index is 12.8. The van der Waals surface area contributed by atoms with E-state index in [1.54, 1.807) is 56.3 Å². The summed E-state index contributed by atoms with van der Waals surface area (Å²) in [6.45, 7) is 3.52. The van der Waals surface area contributed by atoms with Crippen molar-refractivity contribution < 1.29 is 18.3 Å². The van der Waals surface area contributed by atoms with Crippen LogP contribution in [0.4, 0.5) is 11.4 Å². The number of aromatic hydroxyl groups is 1. The lowest BCUT2D eigenvalue weighted by Gasteiger charge is -2.13. The van der Waals surface area contributed by atoms with Crippen LogP contribution >= 0.6 is 0 Å². The van der Waals surface area contributed by atoms with Gasteiger partial charge in [-0.3, -0.25) is 9.52 Å².